The molecular formula is C22H25N3O2. The van der Waals surface area contributed by atoms with E-state index in [1.165, 1.54) is 5.56 Å². The molecule has 27 heavy (non-hydrogen) atoms. The molecule has 0 N–H and O–H groups in total. The predicted molar refractivity (Wildman–Crippen MR) is 107 cm³/mol. The molecular weight excluding hydrogens is 338 g/mol. The largest absolute Gasteiger partial charge is 0.497 e. The van der Waals surface area contributed by atoms with E-state index in [0.29, 0.717) is 0 Å². The second-order valence-corrected chi connectivity index (χ2v) is 7.09. The third-order valence-electron chi connectivity index (χ3n) is 5.35. The maximum atomic E-state index is 13.0. The summed E-state index contributed by atoms with van der Waals surface area (Å²) in [6.07, 6.45) is 1.96. The minimum Gasteiger partial charge on any atom is -0.497 e. The molecule has 0 bridgehead atoms. The molecule has 0 radical (unpaired) electrons. The lowest BCUT2D eigenvalue weighted by atomic mass is 10.1. The number of rotatable bonds is 4. The number of amides is 1. The Morgan fingerprint density at radius 2 is 1.70 bits per heavy atom. The molecule has 1 aromatic heterocycles. The maximum Gasteiger partial charge on any atom is 0.256 e. The molecule has 2 aromatic carbocycles. The summed E-state index contributed by atoms with van der Waals surface area (Å²) in [5.74, 6) is 1.01. The highest BCUT2D eigenvalue weighted by Crippen LogP contribution is 2.22. The van der Waals surface area contributed by atoms with Crippen LogP contribution in [0.25, 0.3) is 10.9 Å². The average Bonchev–Trinajstić information content (AvgIpc) is 3.06. The smallest absolute Gasteiger partial charge is 0.256 e. The minimum absolute atomic E-state index is 0.135. The SMILES string of the molecule is COc1ccc(CN2CCN(C(=O)c3cn(C)c4ccccc34)CC2)cc1. The molecule has 1 amide bonds. The molecule has 0 saturated carbocycles. The van der Waals surface area contributed by atoms with Crippen LogP contribution in [-0.4, -0.2) is 53.6 Å². The van der Waals surface area contributed by atoms with Crippen LogP contribution in [0.2, 0.25) is 0 Å². The van der Waals surface area contributed by atoms with Crippen molar-refractivity contribution in [2.45, 2.75) is 6.54 Å². The van der Waals surface area contributed by atoms with E-state index in [9.17, 15) is 4.79 Å². The molecule has 0 aliphatic carbocycles. The van der Waals surface area contributed by atoms with Gasteiger partial charge >= 0.3 is 0 Å². The highest BCUT2D eigenvalue weighted by molar-refractivity contribution is 6.07. The van der Waals surface area contributed by atoms with E-state index >= 15 is 0 Å². The lowest BCUT2D eigenvalue weighted by molar-refractivity contribution is 0.0630. The quantitative estimate of drug-likeness (QED) is 0.715. The fourth-order valence-corrected chi connectivity index (χ4v) is 3.78. The van der Waals surface area contributed by atoms with E-state index < -0.39 is 0 Å². The third kappa shape index (κ3) is 3.55. The Balaban J connectivity index is 1.40. The number of methoxy groups -OCH3 is 1. The maximum absolute atomic E-state index is 13.0. The molecule has 5 nitrogen and oxygen atoms in total. The second kappa shape index (κ2) is 7.45. The first-order chi connectivity index (χ1) is 13.2. The Hall–Kier alpha value is -2.79. The number of aromatic nitrogens is 1. The number of nitrogens with zero attached hydrogens (tertiary/aromatic N) is 3. The van der Waals surface area contributed by atoms with E-state index in [4.69, 9.17) is 4.74 Å². The van der Waals surface area contributed by atoms with Crippen molar-refractivity contribution < 1.29 is 9.53 Å². The van der Waals surface area contributed by atoms with Gasteiger partial charge in [0.25, 0.3) is 5.91 Å². The third-order valence-corrected chi connectivity index (χ3v) is 5.35. The highest BCUT2D eigenvalue weighted by Gasteiger charge is 2.24. The zero-order chi connectivity index (χ0) is 18.8. The van der Waals surface area contributed by atoms with Gasteiger partial charge in [-0.1, -0.05) is 30.3 Å². The minimum atomic E-state index is 0.135. The van der Waals surface area contributed by atoms with Crippen molar-refractivity contribution in [1.29, 1.82) is 0 Å². The van der Waals surface area contributed by atoms with Gasteiger partial charge in [-0.15, -0.1) is 0 Å². The summed E-state index contributed by atoms with van der Waals surface area (Å²) in [5.41, 5.74) is 3.17. The van der Waals surface area contributed by atoms with E-state index in [-0.39, 0.29) is 5.91 Å². The van der Waals surface area contributed by atoms with Crippen LogP contribution in [-0.2, 0) is 13.6 Å². The number of carbonyl (C=O) groups is 1. The Morgan fingerprint density at radius 1 is 1.00 bits per heavy atom. The van der Waals surface area contributed by atoms with Crippen molar-refractivity contribution in [3.05, 3.63) is 65.9 Å². The van der Waals surface area contributed by atoms with Gasteiger partial charge in [0.05, 0.1) is 12.7 Å². The molecule has 140 valence electrons. The van der Waals surface area contributed by atoms with E-state index in [1.807, 2.05) is 53.0 Å². The molecule has 1 fully saturated rings. The number of carbonyl (C=O) groups excluding carboxylic acids is 1. The van der Waals surface area contributed by atoms with Gasteiger partial charge in [0.15, 0.2) is 0 Å². The Kier molecular flexibility index (Phi) is 4.86. The van der Waals surface area contributed by atoms with Crippen LogP contribution in [0.1, 0.15) is 15.9 Å². The topological polar surface area (TPSA) is 37.7 Å². The number of para-hydroxylation sites is 1. The number of fused-ring (bicyclic) bond motifs is 1. The zero-order valence-corrected chi connectivity index (χ0v) is 15.9. The van der Waals surface area contributed by atoms with Crippen molar-refractivity contribution in [2.24, 2.45) is 7.05 Å². The number of piperazine rings is 1. The lowest BCUT2D eigenvalue weighted by Crippen LogP contribution is -2.48. The highest BCUT2D eigenvalue weighted by atomic mass is 16.5. The van der Waals surface area contributed by atoms with Crippen molar-refractivity contribution in [3.63, 3.8) is 0 Å². The van der Waals surface area contributed by atoms with Gasteiger partial charge in [-0.3, -0.25) is 9.69 Å². The van der Waals surface area contributed by atoms with Gasteiger partial charge in [0.1, 0.15) is 5.75 Å². The fourth-order valence-electron chi connectivity index (χ4n) is 3.78. The molecule has 4 rings (SSSR count). The monoisotopic (exact) mass is 363 g/mol. The van der Waals surface area contributed by atoms with Gasteiger partial charge in [-0.05, 0) is 23.8 Å². The lowest BCUT2D eigenvalue weighted by Gasteiger charge is -2.34. The normalized spacial score (nSPS) is 15.3. The van der Waals surface area contributed by atoms with Crippen molar-refractivity contribution in [1.82, 2.24) is 14.4 Å². The number of ether oxygens (including phenoxy) is 1. The summed E-state index contributed by atoms with van der Waals surface area (Å²) in [4.78, 5) is 17.4. The molecule has 1 saturated heterocycles. The van der Waals surface area contributed by atoms with E-state index in [2.05, 4.69) is 23.1 Å². The number of hydrogen-bond donors (Lipinski definition) is 0. The number of aryl methyl sites for hydroxylation is 1. The van der Waals surface area contributed by atoms with Crippen LogP contribution < -0.4 is 4.74 Å². The summed E-state index contributed by atoms with van der Waals surface area (Å²) in [5, 5.41) is 1.03. The van der Waals surface area contributed by atoms with Crippen LogP contribution in [0.15, 0.2) is 54.7 Å². The number of benzene rings is 2. The Labute approximate surface area is 159 Å². The van der Waals surface area contributed by atoms with Gasteiger partial charge in [-0.25, -0.2) is 0 Å². The molecule has 5 heteroatoms. The average molecular weight is 363 g/mol. The molecule has 0 spiro atoms. The summed E-state index contributed by atoms with van der Waals surface area (Å²) in [7, 11) is 3.67. The van der Waals surface area contributed by atoms with Crippen LogP contribution in [0.4, 0.5) is 0 Å². The predicted octanol–water partition coefficient (Wildman–Crippen LogP) is 3.14. The Bertz CT molecular complexity index is 938. The van der Waals surface area contributed by atoms with Crippen molar-refractivity contribution >= 4 is 16.8 Å². The second-order valence-electron chi connectivity index (χ2n) is 7.09. The summed E-state index contributed by atoms with van der Waals surface area (Å²) in [6, 6.07) is 16.3. The van der Waals surface area contributed by atoms with Gasteiger partial charge in [-0.2, -0.15) is 0 Å². The van der Waals surface area contributed by atoms with Crippen LogP contribution >= 0.6 is 0 Å². The van der Waals surface area contributed by atoms with Gasteiger partial charge in [0, 0.05) is 56.9 Å². The standard InChI is InChI=1S/C22H25N3O2/c1-23-16-20(19-5-3-4-6-21(19)23)22(26)25-13-11-24(12-14-25)15-17-7-9-18(27-2)10-8-17/h3-10,16H,11-15H2,1-2H3. The number of hydrogen-bond acceptors (Lipinski definition) is 3. The van der Waals surface area contributed by atoms with E-state index in [0.717, 1.165) is 54.9 Å². The van der Waals surface area contributed by atoms with Gasteiger partial charge in [0.2, 0.25) is 0 Å². The summed E-state index contributed by atoms with van der Waals surface area (Å²) >= 11 is 0. The Morgan fingerprint density at radius 3 is 2.41 bits per heavy atom. The van der Waals surface area contributed by atoms with Crippen LogP contribution in [0.3, 0.4) is 0 Å². The van der Waals surface area contributed by atoms with Gasteiger partial charge < -0.3 is 14.2 Å². The molecule has 3 aromatic rings. The van der Waals surface area contributed by atoms with Crippen molar-refractivity contribution in [2.75, 3.05) is 33.3 Å². The van der Waals surface area contributed by atoms with Crippen molar-refractivity contribution in [3.8, 4) is 5.75 Å². The fraction of sp³-hybridized carbons (Fsp3) is 0.318. The molecule has 1 aliphatic rings. The first-order valence-electron chi connectivity index (χ1n) is 9.34. The molecule has 1 aliphatic heterocycles. The van der Waals surface area contributed by atoms with Crippen LogP contribution in [0, 0.1) is 0 Å². The van der Waals surface area contributed by atoms with Crippen LogP contribution in [0.5, 0.6) is 5.75 Å². The first kappa shape index (κ1) is 17.6. The molecule has 2 heterocycles. The summed E-state index contributed by atoms with van der Waals surface area (Å²) < 4.78 is 7.24. The first-order valence-corrected chi connectivity index (χ1v) is 9.34. The molecule has 0 atom stereocenters. The van der Waals surface area contributed by atoms with E-state index in [1.54, 1.807) is 7.11 Å². The zero-order valence-electron chi connectivity index (χ0n) is 15.9. The molecule has 0 unspecified atom stereocenters. The summed E-state index contributed by atoms with van der Waals surface area (Å²) in [6.45, 7) is 4.21.